The van der Waals surface area contributed by atoms with E-state index in [0.29, 0.717) is 54.7 Å². The summed E-state index contributed by atoms with van der Waals surface area (Å²) in [4.78, 5) is 34.9. The number of benzene rings is 3. The van der Waals surface area contributed by atoms with E-state index < -0.39 is 23.6 Å². The Hall–Kier alpha value is -4.71. The number of ether oxygens (including phenoxy) is 2. The van der Waals surface area contributed by atoms with Crippen LogP contribution in [0.4, 0.5) is 0 Å². The second kappa shape index (κ2) is 15.5. The molecule has 5 aromatic rings. The lowest BCUT2D eigenvalue weighted by Gasteiger charge is -2.38. The standard InChI is InChI=1S/C39H44N4O7/c44-35(37-40-30-11-5-6-12-33(30)50-37)31(15-13-27-9-3-1-4-10-27)41-38(46)39(17-7-2-8-18-39)42-36(45)34-26-28-25-29(14-16-32(28)49-34)48-24-21-43-19-22-47-23-20-43/h1,3-6,9-12,14,16,25-26,31,35,44H,2,7-8,13,15,17-24H2,(H,41,46)(H,42,45)/t31?,35-/m0/s1. The Bertz CT molecular complexity index is 1860. The average molecular weight is 681 g/mol. The van der Waals surface area contributed by atoms with Crippen LogP contribution in [0.1, 0.15) is 66.6 Å². The first-order chi connectivity index (χ1) is 24.5. The number of fused-ring (bicyclic) bond motifs is 2. The Morgan fingerprint density at radius 2 is 1.70 bits per heavy atom. The van der Waals surface area contributed by atoms with Crippen molar-refractivity contribution in [2.75, 3.05) is 39.5 Å². The molecule has 0 spiro atoms. The topological polar surface area (TPSA) is 139 Å². The number of nitrogens with one attached hydrogen (secondary N) is 2. The van der Waals surface area contributed by atoms with Crippen LogP contribution in [0.15, 0.2) is 87.7 Å². The third-order valence-electron chi connectivity index (χ3n) is 9.83. The van der Waals surface area contributed by atoms with Gasteiger partial charge in [-0.1, -0.05) is 61.7 Å². The fraction of sp³-hybridized carbons (Fsp3) is 0.410. The second-order valence-electron chi connectivity index (χ2n) is 13.3. The number of nitrogens with zero attached hydrogens (tertiary/aromatic N) is 2. The van der Waals surface area contributed by atoms with Gasteiger partial charge in [-0.2, -0.15) is 0 Å². The number of hydrogen-bond donors (Lipinski definition) is 3. The van der Waals surface area contributed by atoms with E-state index in [9.17, 15) is 14.7 Å². The number of furan rings is 1. The summed E-state index contributed by atoms with van der Waals surface area (Å²) in [5, 5.41) is 18.5. The predicted molar refractivity (Wildman–Crippen MR) is 188 cm³/mol. The van der Waals surface area contributed by atoms with Crippen LogP contribution >= 0.6 is 0 Å². The fourth-order valence-corrected chi connectivity index (χ4v) is 6.95. The monoisotopic (exact) mass is 680 g/mol. The first-order valence-corrected chi connectivity index (χ1v) is 17.6. The Morgan fingerprint density at radius 3 is 2.50 bits per heavy atom. The molecule has 2 atom stereocenters. The maximum Gasteiger partial charge on any atom is 0.287 e. The molecular formula is C39H44N4O7. The van der Waals surface area contributed by atoms with Crippen molar-refractivity contribution in [2.24, 2.45) is 0 Å². The van der Waals surface area contributed by atoms with Gasteiger partial charge in [0.2, 0.25) is 11.8 Å². The number of aryl methyl sites for hydroxylation is 1. The van der Waals surface area contributed by atoms with Crippen LogP contribution in [0.3, 0.4) is 0 Å². The number of carbonyl (C=O) groups excluding carboxylic acids is 2. The zero-order valence-corrected chi connectivity index (χ0v) is 28.1. The molecule has 0 bridgehead atoms. The summed E-state index contributed by atoms with van der Waals surface area (Å²) in [5.74, 6) is 0.147. The number of morpholine rings is 1. The fourth-order valence-electron chi connectivity index (χ4n) is 6.95. The largest absolute Gasteiger partial charge is 0.492 e. The summed E-state index contributed by atoms with van der Waals surface area (Å²) < 4.78 is 23.3. The molecule has 3 N–H and O–H groups in total. The number of amides is 2. The number of aliphatic hydroxyl groups excluding tert-OH is 1. The molecule has 7 rings (SSSR count). The van der Waals surface area contributed by atoms with Crippen LogP contribution < -0.4 is 15.4 Å². The molecule has 1 unspecified atom stereocenters. The number of hydrogen-bond acceptors (Lipinski definition) is 9. The van der Waals surface area contributed by atoms with Gasteiger partial charge in [-0.3, -0.25) is 14.5 Å². The number of oxazole rings is 1. The maximum absolute atomic E-state index is 14.3. The molecule has 11 heteroatoms. The molecule has 2 fully saturated rings. The minimum absolute atomic E-state index is 0.121. The van der Waals surface area contributed by atoms with E-state index in [1.54, 1.807) is 18.2 Å². The van der Waals surface area contributed by atoms with Crippen molar-refractivity contribution >= 4 is 33.9 Å². The van der Waals surface area contributed by atoms with Gasteiger partial charge in [0.15, 0.2) is 17.4 Å². The molecule has 2 aliphatic rings. The molecule has 50 heavy (non-hydrogen) atoms. The lowest BCUT2D eigenvalue weighted by molar-refractivity contribution is -0.130. The molecule has 3 aromatic carbocycles. The van der Waals surface area contributed by atoms with E-state index in [-0.39, 0.29) is 17.6 Å². The van der Waals surface area contributed by atoms with Crippen molar-refractivity contribution in [2.45, 2.75) is 62.6 Å². The van der Waals surface area contributed by atoms with Crippen LogP contribution in [0.25, 0.3) is 22.1 Å². The molecule has 2 amide bonds. The third kappa shape index (κ3) is 7.85. The van der Waals surface area contributed by atoms with Gasteiger partial charge >= 0.3 is 0 Å². The second-order valence-corrected chi connectivity index (χ2v) is 13.3. The Balaban J connectivity index is 1.06. The van der Waals surface area contributed by atoms with Gasteiger partial charge in [0.05, 0.1) is 19.3 Å². The quantitative estimate of drug-likeness (QED) is 0.146. The van der Waals surface area contributed by atoms with Crippen LogP contribution in [0.5, 0.6) is 5.75 Å². The summed E-state index contributed by atoms with van der Waals surface area (Å²) in [5.41, 5.74) is 1.65. The van der Waals surface area contributed by atoms with Crippen LogP contribution in [-0.4, -0.2) is 77.8 Å². The summed E-state index contributed by atoms with van der Waals surface area (Å²) in [6.45, 7) is 4.63. The van der Waals surface area contributed by atoms with E-state index in [2.05, 4.69) is 20.5 Å². The minimum atomic E-state index is -1.20. The van der Waals surface area contributed by atoms with Gasteiger partial charge in [0, 0.05) is 25.0 Å². The first-order valence-electron chi connectivity index (χ1n) is 17.6. The van der Waals surface area contributed by atoms with E-state index in [1.165, 1.54) is 0 Å². The van der Waals surface area contributed by atoms with Gasteiger partial charge in [-0.25, -0.2) is 4.98 Å². The van der Waals surface area contributed by atoms with Gasteiger partial charge < -0.3 is 34.0 Å². The highest BCUT2D eigenvalue weighted by Gasteiger charge is 2.43. The SMILES string of the molecule is O=C(NC1(C(=O)NC(CCc2ccccc2)[C@H](O)c2nc3ccccc3o2)CCCCC1)c1cc2cc(OCCN3CCOCC3)ccc2o1. The minimum Gasteiger partial charge on any atom is -0.492 e. The summed E-state index contributed by atoms with van der Waals surface area (Å²) in [6, 6.07) is 23.7. The van der Waals surface area contributed by atoms with Crippen molar-refractivity contribution in [1.29, 1.82) is 0 Å². The zero-order chi connectivity index (χ0) is 34.3. The highest BCUT2D eigenvalue weighted by atomic mass is 16.5. The lowest BCUT2D eigenvalue weighted by atomic mass is 9.80. The van der Waals surface area contributed by atoms with Crippen LogP contribution in [-0.2, 0) is 16.0 Å². The molecule has 1 saturated carbocycles. The van der Waals surface area contributed by atoms with Gasteiger partial charge in [0.25, 0.3) is 5.91 Å². The molecule has 0 radical (unpaired) electrons. The number of rotatable bonds is 13. The first kappa shape index (κ1) is 33.8. The summed E-state index contributed by atoms with van der Waals surface area (Å²) >= 11 is 0. The van der Waals surface area contributed by atoms with E-state index in [4.69, 9.17) is 18.3 Å². The summed E-state index contributed by atoms with van der Waals surface area (Å²) in [6.07, 6.45) is 3.30. The molecule has 3 heterocycles. The Morgan fingerprint density at radius 1 is 0.920 bits per heavy atom. The van der Waals surface area contributed by atoms with Crippen molar-refractivity contribution in [1.82, 2.24) is 20.5 Å². The van der Waals surface area contributed by atoms with Crippen molar-refractivity contribution in [3.05, 3.63) is 96.1 Å². The van der Waals surface area contributed by atoms with Crippen molar-refractivity contribution in [3.8, 4) is 5.75 Å². The van der Waals surface area contributed by atoms with Crippen LogP contribution in [0.2, 0.25) is 0 Å². The van der Waals surface area contributed by atoms with Gasteiger partial charge in [0.1, 0.15) is 29.0 Å². The molecule has 1 aliphatic carbocycles. The lowest BCUT2D eigenvalue weighted by Crippen LogP contribution is -2.61. The predicted octanol–water partition coefficient (Wildman–Crippen LogP) is 5.57. The van der Waals surface area contributed by atoms with E-state index >= 15 is 0 Å². The average Bonchev–Trinajstić information content (AvgIpc) is 3.79. The molecule has 1 aliphatic heterocycles. The maximum atomic E-state index is 14.3. The van der Waals surface area contributed by atoms with Crippen molar-refractivity contribution in [3.63, 3.8) is 0 Å². The van der Waals surface area contributed by atoms with E-state index in [0.717, 1.165) is 63.1 Å². The Labute approximate surface area is 290 Å². The molecule has 11 nitrogen and oxygen atoms in total. The molecular weight excluding hydrogens is 636 g/mol. The van der Waals surface area contributed by atoms with E-state index in [1.807, 2.05) is 60.7 Å². The zero-order valence-electron chi connectivity index (χ0n) is 28.1. The number of carbonyl (C=O) groups is 2. The number of aromatic nitrogens is 1. The van der Waals surface area contributed by atoms with Crippen molar-refractivity contribution < 1.29 is 33.0 Å². The smallest absolute Gasteiger partial charge is 0.287 e. The molecule has 2 aromatic heterocycles. The Kier molecular flexibility index (Phi) is 10.4. The molecule has 262 valence electrons. The van der Waals surface area contributed by atoms with Crippen LogP contribution in [0, 0.1) is 0 Å². The van der Waals surface area contributed by atoms with Gasteiger partial charge in [-0.05, 0) is 67.6 Å². The molecule has 1 saturated heterocycles. The number of para-hydroxylation sites is 2. The summed E-state index contributed by atoms with van der Waals surface area (Å²) in [7, 11) is 0. The third-order valence-corrected chi connectivity index (χ3v) is 9.83. The highest BCUT2D eigenvalue weighted by molar-refractivity contribution is 6.00. The highest BCUT2D eigenvalue weighted by Crippen LogP contribution is 2.32. The normalized spacial score (nSPS) is 17.7. The number of aliphatic hydroxyl groups is 1. The van der Waals surface area contributed by atoms with Gasteiger partial charge in [-0.15, -0.1) is 0 Å².